The Morgan fingerprint density at radius 1 is 1.11 bits per heavy atom. The molecule has 0 amide bonds. The number of para-hydroxylation sites is 2. The van der Waals surface area contributed by atoms with Crippen LogP contribution < -0.4 is 20.5 Å². The highest BCUT2D eigenvalue weighted by molar-refractivity contribution is 7.98. The monoisotopic (exact) mass is 492 g/mol. The summed E-state index contributed by atoms with van der Waals surface area (Å²) in [5.74, 6) is 2.81. The molecule has 0 saturated heterocycles. The molecular weight excluding hydrogens is 471 g/mol. The number of nitrogen functional groups attached to an aromatic ring is 1. The number of anilines is 3. The molecule has 0 saturated carbocycles. The Balaban J connectivity index is 1.32. The number of aromatic nitrogens is 6. The number of allylic oxidation sites excluding steroid dienone is 1. The predicted octanol–water partition coefficient (Wildman–Crippen LogP) is 3.92. The van der Waals surface area contributed by atoms with Crippen LogP contribution in [-0.4, -0.2) is 36.3 Å². The summed E-state index contributed by atoms with van der Waals surface area (Å²) in [6.45, 7) is 4.65. The number of ether oxygens (including phenoxy) is 2. The highest BCUT2D eigenvalue weighted by atomic mass is 32.2. The van der Waals surface area contributed by atoms with Gasteiger partial charge in [0.1, 0.15) is 18.2 Å². The van der Waals surface area contributed by atoms with Gasteiger partial charge in [-0.3, -0.25) is 4.57 Å². The topological polar surface area (TPSA) is 126 Å². The molecule has 0 aliphatic carbocycles. The van der Waals surface area contributed by atoms with Crippen molar-refractivity contribution in [2.75, 3.05) is 17.7 Å². The molecule has 178 valence electrons. The smallest absolute Gasteiger partial charge is 0.232 e. The largest absolute Gasteiger partial charge is 0.485 e. The molecule has 0 fully saturated rings. The van der Waals surface area contributed by atoms with Gasteiger partial charge in [-0.15, -0.1) is 16.8 Å². The Morgan fingerprint density at radius 2 is 1.91 bits per heavy atom. The van der Waals surface area contributed by atoms with Gasteiger partial charge in [-0.05, 0) is 36.4 Å². The van der Waals surface area contributed by atoms with Gasteiger partial charge in [0.2, 0.25) is 11.9 Å². The minimum atomic E-state index is -0.411. The first-order valence-corrected chi connectivity index (χ1v) is 11.7. The van der Waals surface area contributed by atoms with Gasteiger partial charge < -0.3 is 20.5 Å². The number of thioether (sulfide) groups is 1. The van der Waals surface area contributed by atoms with Gasteiger partial charge >= 0.3 is 0 Å². The van der Waals surface area contributed by atoms with E-state index in [0.717, 1.165) is 0 Å². The van der Waals surface area contributed by atoms with E-state index in [9.17, 15) is 4.39 Å². The second-order valence-corrected chi connectivity index (χ2v) is 8.40. The van der Waals surface area contributed by atoms with Crippen molar-refractivity contribution in [1.82, 2.24) is 29.7 Å². The lowest BCUT2D eigenvalue weighted by Gasteiger charge is -2.26. The summed E-state index contributed by atoms with van der Waals surface area (Å²) in [6.07, 6.45) is 1.35. The summed E-state index contributed by atoms with van der Waals surface area (Å²) in [4.78, 5) is 12.7. The molecule has 3 heterocycles. The van der Waals surface area contributed by atoms with Crippen LogP contribution >= 0.6 is 11.8 Å². The van der Waals surface area contributed by atoms with E-state index in [1.807, 2.05) is 28.8 Å². The molecule has 0 radical (unpaired) electrons. The van der Waals surface area contributed by atoms with E-state index in [2.05, 4.69) is 37.0 Å². The van der Waals surface area contributed by atoms with Crippen LogP contribution in [0, 0.1) is 5.82 Å². The minimum absolute atomic E-state index is 0.0693. The molecule has 5 rings (SSSR count). The number of hydrogen-bond donors (Lipinski definition) is 2. The number of fused-ring (bicyclic) bond motifs is 1. The van der Waals surface area contributed by atoms with E-state index in [0.29, 0.717) is 52.9 Å². The maximum atomic E-state index is 13.2. The van der Waals surface area contributed by atoms with E-state index in [4.69, 9.17) is 15.2 Å². The number of halogens is 1. The fourth-order valence-corrected chi connectivity index (χ4v) is 4.25. The fraction of sp³-hybridized carbons (Fsp3) is 0.174. The third-order valence-corrected chi connectivity index (χ3v) is 5.95. The minimum Gasteiger partial charge on any atom is -0.485 e. The number of benzene rings is 2. The SMILES string of the molecule is C=CCn1c(SCc2nc(N)nc(Nc3ccc(F)cc3)n2)nnc1C1COc2ccccc2O1. The Morgan fingerprint density at radius 3 is 2.71 bits per heavy atom. The molecule has 10 nitrogen and oxygen atoms in total. The fourth-order valence-electron chi connectivity index (χ4n) is 3.44. The zero-order valence-corrected chi connectivity index (χ0v) is 19.3. The molecule has 1 aliphatic heterocycles. The lowest BCUT2D eigenvalue weighted by molar-refractivity contribution is 0.0821. The van der Waals surface area contributed by atoms with E-state index < -0.39 is 6.10 Å². The Labute approximate surface area is 204 Å². The standard InChI is InChI=1S/C23H21FN8O2S/c1-2-11-32-20(18-12-33-16-5-3-4-6-17(16)34-18)30-31-23(32)35-13-19-27-21(25)29-22(28-19)26-15-9-7-14(24)8-10-15/h2-10,18H,1,11-13H2,(H3,25,26,27,28,29). The maximum Gasteiger partial charge on any atom is 0.232 e. The van der Waals surface area contributed by atoms with Crippen LogP contribution in [0.5, 0.6) is 11.5 Å². The zero-order chi connectivity index (χ0) is 24.2. The maximum absolute atomic E-state index is 13.2. The molecule has 35 heavy (non-hydrogen) atoms. The third-order valence-electron chi connectivity index (χ3n) is 4.98. The van der Waals surface area contributed by atoms with Gasteiger partial charge in [0.25, 0.3) is 0 Å². The summed E-state index contributed by atoms with van der Waals surface area (Å²) in [7, 11) is 0. The highest BCUT2D eigenvalue weighted by Crippen LogP contribution is 2.36. The average molecular weight is 493 g/mol. The van der Waals surface area contributed by atoms with Crippen LogP contribution in [0.25, 0.3) is 0 Å². The van der Waals surface area contributed by atoms with Crippen LogP contribution in [0.1, 0.15) is 17.8 Å². The quantitative estimate of drug-likeness (QED) is 0.276. The van der Waals surface area contributed by atoms with Crippen molar-refractivity contribution >= 4 is 29.3 Å². The van der Waals surface area contributed by atoms with Crippen molar-refractivity contribution in [3.05, 3.63) is 78.7 Å². The Kier molecular flexibility index (Phi) is 6.44. The molecule has 1 atom stereocenters. The highest BCUT2D eigenvalue weighted by Gasteiger charge is 2.28. The summed E-state index contributed by atoms with van der Waals surface area (Å²) >= 11 is 1.40. The molecule has 2 aromatic carbocycles. The van der Waals surface area contributed by atoms with Crippen LogP contribution in [0.4, 0.5) is 22.0 Å². The first-order chi connectivity index (χ1) is 17.1. The lowest BCUT2D eigenvalue weighted by atomic mass is 10.2. The van der Waals surface area contributed by atoms with Crippen LogP contribution in [0.3, 0.4) is 0 Å². The third kappa shape index (κ3) is 5.17. The molecule has 2 aromatic heterocycles. The second kappa shape index (κ2) is 9.97. The number of rotatable bonds is 8. The van der Waals surface area contributed by atoms with Gasteiger partial charge in [-0.25, -0.2) is 4.39 Å². The van der Waals surface area contributed by atoms with Crippen molar-refractivity contribution in [1.29, 1.82) is 0 Å². The van der Waals surface area contributed by atoms with Crippen LogP contribution in [0.15, 0.2) is 66.3 Å². The molecule has 1 aliphatic rings. The molecule has 4 aromatic rings. The van der Waals surface area contributed by atoms with Crippen LogP contribution in [-0.2, 0) is 12.3 Å². The Hall–Kier alpha value is -4.19. The van der Waals surface area contributed by atoms with Crippen molar-refractivity contribution in [3.63, 3.8) is 0 Å². The summed E-state index contributed by atoms with van der Waals surface area (Å²) in [5.41, 5.74) is 6.50. The van der Waals surface area contributed by atoms with Crippen molar-refractivity contribution in [2.45, 2.75) is 23.6 Å². The van der Waals surface area contributed by atoms with E-state index in [1.54, 1.807) is 18.2 Å². The second-order valence-electron chi connectivity index (χ2n) is 7.46. The number of hydrogen-bond acceptors (Lipinski definition) is 10. The number of nitrogens with two attached hydrogens (primary N) is 1. The van der Waals surface area contributed by atoms with Gasteiger partial charge in [-0.2, -0.15) is 15.0 Å². The molecule has 3 N–H and O–H groups in total. The molecule has 0 bridgehead atoms. The van der Waals surface area contributed by atoms with Crippen LogP contribution in [0.2, 0.25) is 0 Å². The zero-order valence-electron chi connectivity index (χ0n) is 18.5. The lowest BCUT2D eigenvalue weighted by Crippen LogP contribution is -2.25. The van der Waals surface area contributed by atoms with E-state index in [-0.39, 0.29) is 17.7 Å². The van der Waals surface area contributed by atoms with Crippen molar-refractivity contribution in [3.8, 4) is 11.5 Å². The Bertz CT molecular complexity index is 1350. The summed E-state index contributed by atoms with van der Waals surface area (Å²) < 4.78 is 27.0. The van der Waals surface area contributed by atoms with Crippen molar-refractivity contribution < 1.29 is 13.9 Å². The molecule has 12 heteroatoms. The number of nitrogens with one attached hydrogen (secondary N) is 1. The first kappa shape index (κ1) is 22.6. The van der Waals surface area contributed by atoms with E-state index in [1.165, 1.54) is 23.9 Å². The van der Waals surface area contributed by atoms with Gasteiger partial charge in [-0.1, -0.05) is 30.0 Å². The van der Waals surface area contributed by atoms with Gasteiger partial charge in [0.15, 0.2) is 28.6 Å². The predicted molar refractivity (Wildman–Crippen MR) is 129 cm³/mol. The van der Waals surface area contributed by atoms with Gasteiger partial charge in [0.05, 0.1) is 5.75 Å². The van der Waals surface area contributed by atoms with Gasteiger partial charge in [0, 0.05) is 12.2 Å². The normalized spacial score (nSPS) is 14.5. The van der Waals surface area contributed by atoms with Crippen molar-refractivity contribution in [2.24, 2.45) is 0 Å². The summed E-state index contributed by atoms with van der Waals surface area (Å²) in [5, 5.41) is 12.4. The average Bonchev–Trinajstić information content (AvgIpc) is 3.26. The molecule has 0 spiro atoms. The van der Waals surface area contributed by atoms with E-state index >= 15 is 0 Å². The number of nitrogens with zero attached hydrogens (tertiary/aromatic N) is 6. The summed E-state index contributed by atoms with van der Waals surface area (Å²) in [6, 6.07) is 13.3. The molecular formula is C23H21FN8O2S. The first-order valence-electron chi connectivity index (χ1n) is 10.7. The molecule has 1 unspecified atom stereocenters.